The molecule has 0 radical (unpaired) electrons. The van der Waals surface area contributed by atoms with Crippen molar-refractivity contribution < 1.29 is 35.0 Å². The molecule has 0 unspecified atom stereocenters. The van der Waals surface area contributed by atoms with Crippen LogP contribution in [0.15, 0.2) is 72.9 Å². The van der Waals surface area contributed by atoms with Gasteiger partial charge in [-0.3, -0.25) is 0 Å². The van der Waals surface area contributed by atoms with Crippen LogP contribution in [0.25, 0.3) is 22.0 Å². The highest BCUT2D eigenvalue weighted by atomic mass is 35.5. The minimum absolute atomic E-state index is 0. The van der Waals surface area contributed by atoms with Crippen LogP contribution >= 0.6 is 0 Å². The molecule has 5 rings (SSSR count). The molecule has 1 aromatic heterocycles. The van der Waals surface area contributed by atoms with Crippen LogP contribution in [-0.2, 0) is 6.18 Å². The maximum absolute atomic E-state index is 13.7. The van der Waals surface area contributed by atoms with Crippen LogP contribution in [-0.4, -0.2) is 11.2 Å². The molecule has 1 aliphatic rings. The highest BCUT2D eigenvalue weighted by molar-refractivity contribution is 6.24. The average molecular weight is 443 g/mol. The number of rotatable bonds is 2. The first-order valence-corrected chi connectivity index (χ1v) is 9.30. The van der Waals surface area contributed by atoms with Crippen LogP contribution in [0.5, 0.6) is 0 Å². The lowest BCUT2D eigenvalue weighted by Gasteiger charge is -2.12. The van der Waals surface area contributed by atoms with Crippen LogP contribution in [0.1, 0.15) is 22.3 Å². The van der Waals surface area contributed by atoms with Crippen LogP contribution in [0, 0.1) is 5.82 Å². The van der Waals surface area contributed by atoms with Crippen LogP contribution < -0.4 is 17.4 Å². The molecule has 0 atom stereocenters. The van der Waals surface area contributed by atoms with Gasteiger partial charge in [-0.1, -0.05) is 24.3 Å². The Morgan fingerprint density at radius 1 is 0.903 bits per heavy atom. The molecular formula is C24H15ClF4N2. The van der Waals surface area contributed by atoms with E-state index in [1.807, 2.05) is 30.5 Å². The normalized spacial score (nSPS) is 14.5. The summed E-state index contributed by atoms with van der Waals surface area (Å²) in [6.45, 7) is 0. The minimum atomic E-state index is -4.40. The van der Waals surface area contributed by atoms with E-state index >= 15 is 0 Å². The molecule has 2 N–H and O–H groups in total. The summed E-state index contributed by atoms with van der Waals surface area (Å²) in [5.41, 5.74) is 4.83. The zero-order valence-corrected chi connectivity index (χ0v) is 16.7. The Morgan fingerprint density at radius 2 is 1.65 bits per heavy atom. The molecule has 0 amide bonds. The largest absolute Gasteiger partial charge is 1.00 e. The number of fused-ring (bicyclic) bond motifs is 2. The second kappa shape index (κ2) is 7.71. The van der Waals surface area contributed by atoms with Gasteiger partial charge in [0.25, 0.3) is 0 Å². The first kappa shape index (κ1) is 20.9. The number of hydrogen-bond donors (Lipinski definition) is 2. The summed E-state index contributed by atoms with van der Waals surface area (Å²) in [5, 5.41) is 0.788. The van der Waals surface area contributed by atoms with Gasteiger partial charge in [-0.05, 0) is 42.0 Å². The predicted molar refractivity (Wildman–Crippen MR) is 109 cm³/mol. The molecule has 4 aromatic rings. The Bertz CT molecular complexity index is 1330. The second-order valence-electron chi connectivity index (χ2n) is 7.09. The van der Waals surface area contributed by atoms with Crippen LogP contribution in [0.2, 0.25) is 0 Å². The first-order valence-electron chi connectivity index (χ1n) is 9.30. The monoisotopic (exact) mass is 442 g/mol. The number of allylic oxidation sites excluding steroid dienone is 1. The number of hydrogen-bond acceptors (Lipinski definition) is 0. The summed E-state index contributed by atoms with van der Waals surface area (Å²) in [6, 6.07) is 17.3. The number of aromatic amines is 1. The van der Waals surface area contributed by atoms with Crippen molar-refractivity contribution in [3.8, 4) is 0 Å². The van der Waals surface area contributed by atoms with E-state index in [0.717, 1.165) is 45.5 Å². The quantitative estimate of drug-likeness (QED) is 0.445. The van der Waals surface area contributed by atoms with Gasteiger partial charge in [-0.15, -0.1) is 0 Å². The lowest BCUT2D eigenvalue weighted by atomic mass is 9.89. The molecule has 0 fully saturated rings. The number of aromatic nitrogens is 1. The molecule has 1 aliphatic heterocycles. The Balaban J connectivity index is 0.00000231. The van der Waals surface area contributed by atoms with E-state index in [9.17, 15) is 17.6 Å². The van der Waals surface area contributed by atoms with Crippen molar-refractivity contribution in [2.45, 2.75) is 6.18 Å². The fraction of sp³-hybridized carbons (Fsp3) is 0.0417. The molecule has 0 saturated heterocycles. The maximum atomic E-state index is 13.7. The van der Waals surface area contributed by atoms with Gasteiger partial charge in [0.1, 0.15) is 5.82 Å². The molecule has 7 heteroatoms. The highest BCUT2D eigenvalue weighted by Crippen LogP contribution is 2.38. The molecule has 3 aromatic carbocycles. The number of nitrogens with one attached hydrogen (secondary N) is 2. The lowest BCUT2D eigenvalue weighted by Crippen LogP contribution is -3.00. The fourth-order valence-electron chi connectivity index (χ4n) is 3.87. The minimum Gasteiger partial charge on any atom is -1.00 e. The third-order valence-electron chi connectivity index (χ3n) is 5.27. The smallest absolute Gasteiger partial charge is 0.416 e. The summed E-state index contributed by atoms with van der Waals surface area (Å²) >= 11 is 0. The Kier molecular flexibility index (Phi) is 5.19. The van der Waals surface area contributed by atoms with E-state index in [1.54, 1.807) is 12.3 Å². The number of benzene rings is 3. The third-order valence-corrected chi connectivity index (χ3v) is 5.27. The van der Waals surface area contributed by atoms with Gasteiger partial charge < -0.3 is 17.4 Å². The molecule has 2 heterocycles. The third kappa shape index (κ3) is 3.64. The topological polar surface area (TPSA) is 29.8 Å². The molecule has 31 heavy (non-hydrogen) atoms. The van der Waals surface area contributed by atoms with Crippen molar-refractivity contribution in [1.29, 1.82) is 0 Å². The first-order chi connectivity index (χ1) is 14.4. The van der Waals surface area contributed by atoms with Gasteiger partial charge in [-0.25, -0.2) is 9.38 Å². The lowest BCUT2D eigenvalue weighted by molar-refractivity contribution is -0.342. The molecule has 0 bridgehead atoms. The van der Waals surface area contributed by atoms with E-state index in [4.69, 9.17) is 0 Å². The zero-order valence-electron chi connectivity index (χ0n) is 15.9. The molecule has 0 aliphatic carbocycles. The standard InChI is InChI=1S/C24H14F4N2.ClH/c25-16-9-10-18-20(13-30-22(18)11-16)23(14-5-7-15(8-6-14)24(26,27)28)19-12-29-21-4-2-1-3-17(19)21;/h1-13,30H;1H. The van der Waals surface area contributed by atoms with Crippen molar-refractivity contribution in [3.63, 3.8) is 0 Å². The molecule has 2 nitrogen and oxygen atoms in total. The maximum Gasteiger partial charge on any atom is 0.416 e. The fourth-order valence-corrected chi connectivity index (χ4v) is 3.87. The SMILES string of the molecule is Fc1ccc2c(C(=C3C=[NH+]c4ccccc43)c3ccc(C(F)(F)F)cc3)c[nH]c2c1.[Cl-]. The second-order valence-corrected chi connectivity index (χ2v) is 7.09. The van der Waals surface area contributed by atoms with Gasteiger partial charge >= 0.3 is 6.18 Å². The molecule has 0 spiro atoms. The van der Waals surface area contributed by atoms with E-state index in [0.29, 0.717) is 11.1 Å². The van der Waals surface area contributed by atoms with Gasteiger partial charge in [0.05, 0.1) is 16.7 Å². The average Bonchev–Trinajstić information content (AvgIpc) is 3.33. The van der Waals surface area contributed by atoms with E-state index in [1.165, 1.54) is 24.3 Å². The number of halogens is 5. The van der Waals surface area contributed by atoms with Gasteiger partial charge in [0.2, 0.25) is 5.69 Å². The van der Waals surface area contributed by atoms with Gasteiger partial charge in [0.15, 0.2) is 6.21 Å². The summed E-state index contributed by atoms with van der Waals surface area (Å²) in [7, 11) is 0. The van der Waals surface area contributed by atoms with E-state index < -0.39 is 11.7 Å². The van der Waals surface area contributed by atoms with Crippen LogP contribution in [0.3, 0.4) is 0 Å². The van der Waals surface area contributed by atoms with Crippen molar-refractivity contribution in [2.24, 2.45) is 0 Å². The van der Waals surface area contributed by atoms with E-state index in [-0.39, 0.29) is 18.2 Å². The summed E-state index contributed by atoms with van der Waals surface area (Å²) in [5.74, 6) is -0.362. The number of para-hydroxylation sites is 1. The predicted octanol–water partition coefficient (Wildman–Crippen LogP) is 2.09. The summed E-state index contributed by atoms with van der Waals surface area (Å²) in [6.07, 6.45) is -0.795. The Labute approximate surface area is 181 Å². The summed E-state index contributed by atoms with van der Waals surface area (Å²) < 4.78 is 52.9. The molecule has 0 saturated carbocycles. The van der Waals surface area contributed by atoms with Gasteiger partial charge in [0, 0.05) is 34.3 Å². The number of H-pyrrole nitrogens is 1. The van der Waals surface area contributed by atoms with Crippen LogP contribution in [0.4, 0.5) is 23.2 Å². The Morgan fingerprint density at radius 3 is 2.39 bits per heavy atom. The van der Waals surface area contributed by atoms with Crippen molar-refractivity contribution in [3.05, 3.63) is 101 Å². The van der Waals surface area contributed by atoms with Crippen molar-refractivity contribution in [1.82, 2.24) is 4.98 Å². The Hall–Kier alpha value is -3.38. The van der Waals surface area contributed by atoms with Crippen molar-refractivity contribution >= 4 is 34.0 Å². The summed E-state index contributed by atoms with van der Waals surface area (Å²) in [4.78, 5) is 6.30. The number of alkyl halides is 3. The molecular weight excluding hydrogens is 428 g/mol. The van der Waals surface area contributed by atoms with E-state index in [2.05, 4.69) is 9.98 Å². The zero-order chi connectivity index (χ0) is 20.9. The highest BCUT2D eigenvalue weighted by Gasteiger charge is 2.31. The van der Waals surface area contributed by atoms with Crippen molar-refractivity contribution in [2.75, 3.05) is 0 Å². The molecule has 156 valence electrons. The van der Waals surface area contributed by atoms with Gasteiger partial charge in [-0.2, -0.15) is 13.2 Å².